The number of aryl methyl sites for hydroxylation is 4. The van der Waals surface area contributed by atoms with Crippen molar-refractivity contribution < 1.29 is 4.57 Å². The van der Waals surface area contributed by atoms with Crippen LogP contribution in [0.4, 0.5) is 0 Å². The highest BCUT2D eigenvalue weighted by atomic mass is 14.9. The molecule has 2 heterocycles. The maximum Gasteiger partial charge on any atom is 0.217 e. The smallest absolute Gasteiger partial charge is 0.217 e. The zero-order valence-corrected chi connectivity index (χ0v) is 20.8. The maximum absolute atomic E-state index is 4.96. The second kappa shape index (κ2) is 7.08. The van der Waals surface area contributed by atoms with E-state index in [0.717, 1.165) is 11.4 Å². The third-order valence-electron chi connectivity index (χ3n) is 8.23. The molecule has 35 heavy (non-hydrogen) atoms. The first-order chi connectivity index (χ1) is 16.9. The van der Waals surface area contributed by atoms with Crippen LogP contribution in [0, 0.1) is 27.7 Å². The summed E-state index contributed by atoms with van der Waals surface area (Å²) in [7, 11) is 2.20. The molecule has 0 radical (unpaired) electrons. The van der Waals surface area contributed by atoms with E-state index in [1.54, 1.807) is 0 Å². The van der Waals surface area contributed by atoms with E-state index < -0.39 is 0 Å². The number of pyridine rings is 1. The minimum Gasteiger partial charge on any atom is -0.257 e. The molecule has 5 aromatic rings. The first kappa shape index (κ1) is 20.5. The summed E-state index contributed by atoms with van der Waals surface area (Å²) < 4.78 is 2.34. The van der Waals surface area contributed by atoms with Gasteiger partial charge in [0.15, 0.2) is 6.20 Å². The molecule has 2 unspecified atom stereocenters. The van der Waals surface area contributed by atoms with Crippen LogP contribution in [0.2, 0.25) is 0 Å². The molecular weight excluding hydrogens is 426 g/mol. The molecule has 3 aliphatic carbocycles. The molecule has 3 nitrogen and oxygen atoms in total. The lowest BCUT2D eigenvalue weighted by atomic mass is 9.62. The quantitative estimate of drug-likeness (QED) is 0.271. The van der Waals surface area contributed by atoms with Crippen LogP contribution >= 0.6 is 0 Å². The average Bonchev–Trinajstić information content (AvgIpc) is 2.85. The lowest BCUT2D eigenvalue weighted by molar-refractivity contribution is -0.661. The molecule has 3 aromatic carbocycles. The van der Waals surface area contributed by atoms with Crippen LogP contribution in [0.1, 0.15) is 67.7 Å². The minimum absolute atomic E-state index is 0.0691. The average molecular weight is 455 g/mol. The number of hydrogen-bond acceptors (Lipinski definition) is 2. The van der Waals surface area contributed by atoms with Gasteiger partial charge < -0.3 is 0 Å². The van der Waals surface area contributed by atoms with Crippen molar-refractivity contribution in [2.24, 2.45) is 7.05 Å². The van der Waals surface area contributed by atoms with Crippen molar-refractivity contribution in [3.8, 4) is 11.3 Å². The Morgan fingerprint density at radius 1 is 0.714 bits per heavy atom. The van der Waals surface area contributed by atoms with Gasteiger partial charge in [0.05, 0.1) is 23.2 Å². The van der Waals surface area contributed by atoms with E-state index in [9.17, 15) is 0 Å². The van der Waals surface area contributed by atoms with E-state index in [-0.39, 0.29) is 11.8 Å². The Morgan fingerprint density at radius 3 is 1.94 bits per heavy atom. The Kier molecular flexibility index (Phi) is 4.15. The Labute approximate surface area is 206 Å². The Bertz CT molecular complexity index is 1710. The van der Waals surface area contributed by atoms with Crippen LogP contribution in [0.15, 0.2) is 67.1 Å². The largest absolute Gasteiger partial charge is 0.257 e. The van der Waals surface area contributed by atoms with E-state index in [1.807, 2.05) is 12.4 Å². The normalized spacial score (nSPS) is 17.3. The number of rotatable bonds is 1. The molecule has 170 valence electrons. The van der Waals surface area contributed by atoms with Crippen molar-refractivity contribution in [3.05, 3.63) is 123 Å². The van der Waals surface area contributed by atoms with Gasteiger partial charge in [0.1, 0.15) is 7.05 Å². The third kappa shape index (κ3) is 2.70. The van der Waals surface area contributed by atoms with E-state index in [1.165, 1.54) is 66.5 Å². The van der Waals surface area contributed by atoms with Gasteiger partial charge in [-0.3, -0.25) is 9.97 Å². The fourth-order valence-electron chi connectivity index (χ4n) is 6.71. The van der Waals surface area contributed by atoms with Crippen LogP contribution in [0.3, 0.4) is 0 Å². The lowest BCUT2D eigenvalue weighted by Gasteiger charge is -2.41. The molecule has 2 atom stereocenters. The highest BCUT2D eigenvalue weighted by molar-refractivity contribution is 5.87. The molecule has 2 bridgehead atoms. The minimum atomic E-state index is 0.0691. The van der Waals surface area contributed by atoms with Crippen LogP contribution in [-0.4, -0.2) is 9.97 Å². The SMILES string of the molecule is Cc1cc(C)c(C)c(-c2c3c(c(C)c[n+]2C)C2c4cc5ccccc5cc4C3c3nccnc32)c1. The Morgan fingerprint density at radius 2 is 1.31 bits per heavy atom. The van der Waals surface area contributed by atoms with Gasteiger partial charge in [0, 0.05) is 29.1 Å². The molecular formula is C32H28N3+. The van der Waals surface area contributed by atoms with Crippen LogP contribution in [0.25, 0.3) is 22.0 Å². The standard InChI is InChI=1S/C32H28N3/c1-17-12-18(2)20(4)23(13-17)32-29-26(19(3)16-35(32)5)27-24-14-21-8-6-7-9-22(21)15-25(24)28(29)31-30(27)33-10-11-34-31/h6-16,27-28H,1-5H3/q+1. The number of benzene rings is 3. The summed E-state index contributed by atoms with van der Waals surface area (Å²) in [6.07, 6.45) is 6.02. The van der Waals surface area contributed by atoms with Crippen molar-refractivity contribution in [2.75, 3.05) is 0 Å². The van der Waals surface area contributed by atoms with Crippen molar-refractivity contribution in [1.29, 1.82) is 0 Å². The number of fused-ring (bicyclic) bond motifs is 1. The predicted octanol–water partition coefficient (Wildman–Crippen LogP) is 6.34. The molecule has 0 aliphatic heterocycles. The third-order valence-corrected chi connectivity index (χ3v) is 8.23. The molecule has 2 aromatic heterocycles. The fourth-order valence-corrected chi connectivity index (χ4v) is 6.71. The second-order valence-corrected chi connectivity index (χ2v) is 10.4. The summed E-state index contributed by atoms with van der Waals surface area (Å²) in [5.41, 5.74) is 15.7. The van der Waals surface area contributed by atoms with Crippen molar-refractivity contribution >= 4 is 10.8 Å². The number of hydrogen-bond donors (Lipinski definition) is 0. The second-order valence-electron chi connectivity index (χ2n) is 10.4. The molecule has 0 amide bonds. The topological polar surface area (TPSA) is 29.7 Å². The van der Waals surface area contributed by atoms with Gasteiger partial charge in [-0.1, -0.05) is 35.9 Å². The molecule has 0 saturated carbocycles. The molecule has 0 saturated heterocycles. The molecule has 3 aliphatic rings. The Balaban J connectivity index is 1.64. The van der Waals surface area contributed by atoms with Gasteiger partial charge in [-0.15, -0.1) is 0 Å². The summed E-state index contributed by atoms with van der Waals surface area (Å²) in [6.45, 7) is 8.94. The lowest BCUT2D eigenvalue weighted by Crippen LogP contribution is -2.39. The van der Waals surface area contributed by atoms with Crippen LogP contribution in [-0.2, 0) is 7.05 Å². The summed E-state index contributed by atoms with van der Waals surface area (Å²) in [5.74, 6) is 0.170. The van der Waals surface area contributed by atoms with Crippen molar-refractivity contribution in [1.82, 2.24) is 9.97 Å². The van der Waals surface area contributed by atoms with Crippen molar-refractivity contribution in [2.45, 2.75) is 39.5 Å². The van der Waals surface area contributed by atoms with Gasteiger partial charge in [0.2, 0.25) is 5.69 Å². The zero-order chi connectivity index (χ0) is 24.0. The molecule has 3 heteroatoms. The molecule has 8 rings (SSSR count). The van der Waals surface area contributed by atoms with Gasteiger partial charge in [0.25, 0.3) is 0 Å². The van der Waals surface area contributed by atoms with E-state index in [4.69, 9.17) is 9.97 Å². The van der Waals surface area contributed by atoms with Gasteiger partial charge >= 0.3 is 0 Å². The highest BCUT2D eigenvalue weighted by Crippen LogP contribution is 2.57. The van der Waals surface area contributed by atoms with E-state index in [2.05, 4.69) is 94.0 Å². The maximum atomic E-state index is 4.96. The highest BCUT2D eigenvalue weighted by Gasteiger charge is 2.48. The number of nitrogens with zero attached hydrogens (tertiary/aromatic N) is 3. The van der Waals surface area contributed by atoms with E-state index >= 15 is 0 Å². The predicted molar refractivity (Wildman–Crippen MR) is 140 cm³/mol. The first-order valence-electron chi connectivity index (χ1n) is 12.4. The summed E-state index contributed by atoms with van der Waals surface area (Å²) in [4.78, 5) is 9.88. The Hall–Kier alpha value is -3.85. The molecule has 0 fully saturated rings. The fraction of sp³-hybridized carbons (Fsp3) is 0.219. The van der Waals surface area contributed by atoms with E-state index in [0.29, 0.717) is 0 Å². The van der Waals surface area contributed by atoms with Crippen LogP contribution < -0.4 is 4.57 Å². The zero-order valence-electron chi connectivity index (χ0n) is 20.8. The first-order valence-corrected chi connectivity index (χ1v) is 12.4. The monoisotopic (exact) mass is 454 g/mol. The van der Waals surface area contributed by atoms with Crippen molar-refractivity contribution in [3.63, 3.8) is 0 Å². The summed E-state index contributed by atoms with van der Waals surface area (Å²) >= 11 is 0. The van der Waals surface area contributed by atoms with Gasteiger partial charge in [-0.2, -0.15) is 0 Å². The molecule has 0 N–H and O–H groups in total. The summed E-state index contributed by atoms with van der Waals surface area (Å²) in [6, 6.07) is 18.2. The van der Waals surface area contributed by atoms with Gasteiger partial charge in [-0.25, -0.2) is 4.57 Å². The number of aromatic nitrogens is 3. The van der Waals surface area contributed by atoms with Gasteiger partial charge in [-0.05, 0) is 84.5 Å². The molecule has 0 spiro atoms. The summed E-state index contributed by atoms with van der Waals surface area (Å²) in [5, 5.41) is 2.57. The van der Waals surface area contributed by atoms with Crippen LogP contribution in [0.5, 0.6) is 0 Å².